The number of carbonyl (C=O) groups excluding carboxylic acids is 1. The zero-order valence-electron chi connectivity index (χ0n) is 29.2. The number of rotatable bonds is 7. The predicted molar refractivity (Wildman–Crippen MR) is 201 cm³/mol. The average molecular weight is 714 g/mol. The van der Waals surface area contributed by atoms with Crippen molar-refractivity contribution in [2.24, 2.45) is 0 Å². The molecule has 2 N–H and O–H groups in total. The number of nitrogens with one attached hydrogen (secondary N) is 1. The van der Waals surface area contributed by atoms with Gasteiger partial charge in [0, 0.05) is 55.2 Å². The van der Waals surface area contributed by atoms with Crippen molar-refractivity contribution in [3.63, 3.8) is 0 Å². The quantitative estimate of drug-likeness (QED) is 0.214. The van der Waals surface area contributed by atoms with Crippen molar-refractivity contribution in [2.75, 3.05) is 37.7 Å². The van der Waals surface area contributed by atoms with E-state index in [-0.39, 0.29) is 5.91 Å². The van der Waals surface area contributed by atoms with Crippen LogP contribution in [0.3, 0.4) is 0 Å². The van der Waals surface area contributed by atoms with Crippen LogP contribution >= 0.6 is 0 Å². The third-order valence-corrected chi connectivity index (χ3v) is 11.0. The molecule has 0 spiro atoms. The molecule has 3 aromatic carbocycles. The monoisotopic (exact) mass is 713 g/mol. The first-order valence-electron chi connectivity index (χ1n) is 16.7. The fraction of sp³-hybridized carbons (Fsp3) is 0.231. The minimum atomic E-state index is -3.75. The summed E-state index contributed by atoms with van der Waals surface area (Å²) in [6.07, 6.45) is 1.12. The topological polar surface area (TPSA) is 157 Å². The number of pyridine rings is 1. The molecule has 1 amide bonds. The molecule has 0 aliphatic carbocycles. The first-order chi connectivity index (χ1) is 24.8. The van der Waals surface area contributed by atoms with Crippen LogP contribution in [-0.4, -0.2) is 77.7 Å². The zero-order chi connectivity index (χ0) is 36.7. The van der Waals surface area contributed by atoms with Crippen molar-refractivity contribution in [1.29, 1.82) is 5.26 Å². The van der Waals surface area contributed by atoms with Crippen LogP contribution in [0.4, 0.5) is 5.69 Å². The molecule has 0 bridgehead atoms. The Kier molecular flexibility index (Phi) is 7.62. The van der Waals surface area contributed by atoms with E-state index in [1.54, 1.807) is 38.2 Å². The van der Waals surface area contributed by atoms with Gasteiger partial charge in [-0.15, -0.1) is 0 Å². The van der Waals surface area contributed by atoms with Gasteiger partial charge in [-0.2, -0.15) is 5.26 Å². The van der Waals surface area contributed by atoms with E-state index in [1.165, 1.54) is 11.4 Å². The predicted octanol–water partition coefficient (Wildman–Crippen LogP) is 5.62. The number of benzene rings is 3. The number of amides is 1. The molecule has 7 aromatic rings. The van der Waals surface area contributed by atoms with E-state index < -0.39 is 15.6 Å². The Morgan fingerprint density at radius 2 is 1.81 bits per heavy atom. The van der Waals surface area contributed by atoms with E-state index in [2.05, 4.69) is 16.3 Å². The summed E-state index contributed by atoms with van der Waals surface area (Å²) in [5, 5.41) is 24.4. The highest BCUT2D eigenvalue weighted by molar-refractivity contribution is 7.92. The van der Waals surface area contributed by atoms with Crippen molar-refractivity contribution < 1.29 is 22.7 Å². The molecule has 0 unspecified atom stereocenters. The summed E-state index contributed by atoms with van der Waals surface area (Å²) < 4.78 is 35.6. The van der Waals surface area contributed by atoms with Crippen LogP contribution in [0.25, 0.3) is 61.0 Å². The lowest BCUT2D eigenvalue weighted by molar-refractivity contribution is -0.0880. The van der Waals surface area contributed by atoms with Crippen LogP contribution in [-0.2, 0) is 16.6 Å². The Labute approximate surface area is 299 Å². The SMILES string of the molecule is CNC(=O)c1c(-c2ccc(C)cc2)oc2cc(N(C)S(C)(=O)=O)c(-c3ccc4nc(CN5CC(C)(O)C5)n5c6cccc(C#N)c6cc5c4n3)cc12. The molecule has 8 rings (SSSR count). The van der Waals surface area contributed by atoms with Crippen LogP contribution in [0, 0.1) is 18.3 Å². The number of aryl methyl sites for hydroxylation is 1. The Balaban J connectivity index is 1.40. The summed E-state index contributed by atoms with van der Waals surface area (Å²) in [5.41, 5.74) is 6.05. The van der Waals surface area contributed by atoms with Crippen molar-refractivity contribution in [2.45, 2.75) is 26.0 Å². The van der Waals surface area contributed by atoms with Crippen LogP contribution in [0.2, 0.25) is 0 Å². The summed E-state index contributed by atoms with van der Waals surface area (Å²) in [5.74, 6) is 0.737. The van der Waals surface area contributed by atoms with Crippen molar-refractivity contribution in [3.8, 4) is 28.7 Å². The Morgan fingerprint density at radius 1 is 1.06 bits per heavy atom. The molecule has 52 heavy (non-hydrogen) atoms. The van der Waals surface area contributed by atoms with Gasteiger partial charge in [0.1, 0.15) is 22.7 Å². The van der Waals surface area contributed by atoms with Gasteiger partial charge in [0.2, 0.25) is 10.0 Å². The Bertz CT molecular complexity index is 2770. The van der Waals surface area contributed by atoms with E-state index in [1.807, 2.05) is 59.9 Å². The second-order valence-electron chi connectivity index (χ2n) is 13.8. The third kappa shape index (κ3) is 5.43. The lowest BCUT2D eigenvalue weighted by Crippen LogP contribution is -2.59. The van der Waals surface area contributed by atoms with Crippen LogP contribution in [0.1, 0.15) is 34.2 Å². The fourth-order valence-electron chi connectivity index (χ4n) is 7.22. The van der Waals surface area contributed by atoms with Gasteiger partial charge in [-0.05, 0) is 50.2 Å². The van der Waals surface area contributed by atoms with Crippen LogP contribution in [0.5, 0.6) is 0 Å². The molecule has 1 aliphatic rings. The van der Waals surface area contributed by atoms with Gasteiger partial charge in [-0.3, -0.25) is 18.4 Å². The summed E-state index contributed by atoms with van der Waals surface area (Å²) in [6.45, 7) is 5.26. The van der Waals surface area contributed by atoms with Gasteiger partial charge in [-0.1, -0.05) is 35.9 Å². The molecule has 4 aromatic heterocycles. The number of aliphatic hydroxyl groups is 1. The second kappa shape index (κ2) is 11.9. The van der Waals surface area contributed by atoms with E-state index in [0.29, 0.717) is 81.0 Å². The number of nitriles is 1. The summed E-state index contributed by atoms with van der Waals surface area (Å²) in [7, 11) is -0.731. The molecular weight excluding hydrogens is 679 g/mol. The summed E-state index contributed by atoms with van der Waals surface area (Å²) in [4.78, 5) is 25.7. The largest absolute Gasteiger partial charge is 0.455 e. The van der Waals surface area contributed by atoms with Crippen LogP contribution in [0.15, 0.2) is 77.2 Å². The van der Waals surface area contributed by atoms with Gasteiger partial charge >= 0.3 is 0 Å². The number of furan rings is 1. The number of carbonyl (C=O) groups is 1. The number of hydrogen-bond acceptors (Lipinski definition) is 9. The third-order valence-electron chi connectivity index (χ3n) is 9.77. The highest BCUT2D eigenvalue weighted by atomic mass is 32.2. The van der Waals surface area contributed by atoms with E-state index in [4.69, 9.17) is 14.4 Å². The van der Waals surface area contributed by atoms with Crippen molar-refractivity contribution in [3.05, 3.63) is 95.3 Å². The minimum absolute atomic E-state index is 0.312. The molecule has 1 saturated heterocycles. The summed E-state index contributed by atoms with van der Waals surface area (Å²) in [6, 6.07) is 24.4. The standard InChI is InChI=1S/C39H35N7O5S/c1-22-9-11-23(12-10-22)37-35(38(47)41-3)27-15-26(31(17-33(27)51-37)44(4)52(5,49)50)28-13-14-29-36(43-28)32-16-25-24(18-40)7-6-8-30(25)46(32)34(42-29)19-45-20-39(2,48)21-45/h6-17,48H,19-21H2,1-5H3,(H,41,47). The van der Waals surface area contributed by atoms with E-state index in [9.17, 15) is 23.6 Å². The Morgan fingerprint density at radius 3 is 2.48 bits per heavy atom. The molecule has 1 aliphatic heterocycles. The van der Waals surface area contributed by atoms with Gasteiger partial charge < -0.3 is 14.8 Å². The molecule has 12 nitrogen and oxygen atoms in total. The highest BCUT2D eigenvalue weighted by Crippen LogP contribution is 2.42. The molecule has 0 radical (unpaired) electrons. The number of sulfonamides is 1. The van der Waals surface area contributed by atoms with Crippen LogP contribution < -0.4 is 9.62 Å². The lowest BCUT2D eigenvalue weighted by Gasteiger charge is -2.44. The number of aromatic nitrogens is 3. The minimum Gasteiger partial charge on any atom is -0.455 e. The Hall–Kier alpha value is -5.81. The maximum Gasteiger partial charge on any atom is 0.255 e. The number of fused-ring (bicyclic) bond motifs is 6. The summed E-state index contributed by atoms with van der Waals surface area (Å²) >= 11 is 0. The number of hydrogen-bond donors (Lipinski definition) is 2. The van der Waals surface area contributed by atoms with Gasteiger partial charge in [0.25, 0.3) is 5.91 Å². The lowest BCUT2D eigenvalue weighted by atomic mass is 9.97. The molecule has 1 fully saturated rings. The molecule has 0 atom stereocenters. The van der Waals surface area contributed by atoms with Gasteiger partial charge in [0.05, 0.1) is 63.5 Å². The maximum atomic E-state index is 13.5. The molecule has 13 heteroatoms. The number of anilines is 1. The first-order valence-corrected chi connectivity index (χ1v) is 18.5. The highest BCUT2D eigenvalue weighted by Gasteiger charge is 2.37. The molecule has 0 saturated carbocycles. The van der Waals surface area contributed by atoms with E-state index >= 15 is 0 Å². The normalized spacial score (nSPS) is 14.6. The first kappa shape index (κ1) is 33.3. The van der Waals surface area contributed by atoms with Gasteiger partial charge in [0.15, 0.2) is 0 Å². The van der Waals surface area contributed by atoms with Crippen molar-refractivity contribution in [1.82, 2.24) is 24.6 Å². The van der Waals surface area contributed by atoms with Gasteiger partial charge in [-0.25, -0.2) is 18.4 Å². The smallest absolute Gasteiger partial charge is 0.255 e. The van der Waals surface area contributed by atoms with E-state index in [0.717, 1.165) is 34.1 Å². The zero-order valence-corrected chi connectivity index (χ0v) is 30.0. The fourth-order valence-corrected chi connectivity index (χ4v) is 7.73. The maximum absolute atomic E-state index is 13.5. The number of likely N-dealkylation sites (tertiary alicyclic amines) is 1. The second-order valence-corrected chi connectivity index (χ2v) is 15.8. The van der Waals surface area contributed by atoms with Crippen molar-refractivity contribution >= 4 is 60.0 Å². The number of β-amino-alcohol motifs (C(OH)–C–C–N with tert-alkyl or cyclic N) is 1. The molecule has 262 valence electrons. The number of nitrogens with zero attached hydrogens (tertiary/aromatic N) is 6. The average Bonchev–Trinajstić information content (AvgIpc) is 3.69. The molecular formula is C39H35N7O5S. The molecule has 5 heterocycles.